The summed E-state index contributed by atoms with van der Waals surface area (Å²) in [6, 6.07) is 0. The molecule has 1 aliphatic carbocycles. The Morgan fingerprint density at radius 1 is 0.919 bits per heavy atom. The molecule has 2 rings (SSSR count). The molecule has 1 saturated heterocycles. The van der Waals surface area contributed by atoms with Crippen molar-refractivity contribution in [3.63, 3.8) is 0 Å². The maximum Gasteiger partial charge on any atom is 0.306 e. The van der Waals surface area contributed by atoms with Gasteiger partial charge in [-0.15, -0.1) is 0 Å². The highest BCUT2D eigenvalue weighted by molar-refractivity contribution is 5.69. The highest BCUT2D eigenvalue weighted by atomic mass is 16.7. The molecule has 0 radical (unpaired) electrons. The first kappa shape index (κ1) is 31.6. The first-order valence-electron chi connectivity index (χ1n) is 15.0. The number of ether oxygens (including phenoxy) is 3. The molecular weight excluding hydrogens is 460 g/mol. The van der Waals surface area contributed by atoms with Crippen LogP contribution < -0.4 is 0 Å². The van der Waals surface area contributed by atoms with Crippen LogP contribution in [0, 0.1) is 5.41 Å². The Labute approximate surface area is 227 Å². The molecule has 2 aliphatic rings. The van der Waals surface area contributed by atoms with Crippen LogP contribution in [0.3, 0.4) is 0 Å². The molecule has 0 amide bonds. The first-order valence-corrected chi connectivity index (χ1v) is 15.0. The highest BCUT2D eigenvalue weighted by Crippen LogP contribution is 2.40. The van der Waals surface area contributed by atoms with Crippen LogP contribution in [0.4, 0.5) is 0 Å². The molecule has 37 heavy (non-hydrogen) atoms. The third kappa shape index (κ3) is 13.1. The van der Waals surface area contributed by atoms with Crippen LogP contribution in [0.2, 0.25) is 0 Å². The summed E-state index contributed by atoms with van der Waals surface area (Å²) in [7, 11) is 0. The van der Waals surface area contributed by atoms with Crippen molar-refractivity contribution in [1.82, 2.24) is 0 Å². The lowest BCUT2D eigenvalue weighted by molar-refractivity contribution is -0.215. The van der Waals surface area contributed by atoms with Gasteiger partial charge in [-0.2, -0.15) is 0 Å². The lowest BCUT2D eigenvalue weighted by atomic mass is 9.75. The predicted molar refractivity (Wildman–Crippen MR) is 154 cm³/mol. The zero-order valence-corrected chi connectivity index (χ0v) is 24.3. The molecule has 1 heterocycles. The highest BCUT2D eigenvalue weighted by Gasteiger charge is 2.36. The average molecular weight is 515 g/mol. The summed E-state index contributed by atoms with van der Waals surface area (Å²) in [4.78, 5) is 12.2. The van der Waals surface area contributed by atoms with Crippen molar-refractivity contribution < 1.29 is 19.0 Å². The smallest absolute Gasteiger partial charge is 0.306 e. The van der Waals surface area contributed by atoms with Gasteiger partial charge in [-0.25, -0.2) is 0 Å². The molecular formula is C33H54O4. The van der Waals surface area contributed by atoms with Gasteiger partial charge in [0.05, 0.1) is 13.2 Å². The van der Waals surface area contributed by atoms with E-state index >= 15 is 0 Å². The second-order valence-corrected chi connectivity index (χ2v) is 11.4. The molecule has 0 aromatic rings. The van der Waals surface area contributed by atoms with Gasteiger partial charge in [0.2, 0.25) is 0 Å². The number of esters is 1. The molecule has 0 unspecified atom stereocenters. The van der Waals surface area contributed by atoms with Crippen LogP contribution in [0.1, 0.15) is 124 Å². The zero-order chi connectivity index (χ0) is 26.8. The molecule has 4 heteroatoms. The van der Waals surface area contributed by atoms with Gasteiger partial charge in [0.1, 0.15) is 6.10 Å². The summed E-state index contributed by atoms with van der Waals surface area (Å²) in [6.07, 6.45) is 30.2. The number of carbonyl (C=O) groups excluding carboxylic acids is 1. The Kier molecular flexibility index (Phi) is 15.8. The van der Waals surface area contributed by atoms with Crippen molar-refractivity contribution >= 4 is 5.97 Å². The molecule has 0 spiro atoms. The van der Waals surface area contributed by atoms with E-state index in [9.17, 15) is 4.79 Å². The molecule has 1 aliphatic heterocycles. The van der Waals surface area contributed by atoms with E-state index in [0.717, 1.165) is 32.1 Å². The standard InChI is InChI=1S/C33H54O4/c1-5-6-7-8-9-10-11-12-13-14-15-16-17-18-19-20-21-24-30(34)37-29-26-35-32(36-27-29)31-28(2)23-22-25-33(31,3)4/h11-12,14-15,22-23,29,32H,5-10,13,16-21,24-27H2,1-4H3/b12-11-,15-14-. The Balaban J connectivity index is 1.43. The second-order valence-electron chi connectivity index (χ2n) is 11.4. The van der Waals surface area contributed by atoms with Crippen molar-refractivity contribution in [1.29, 1.82) is 0 Å². The van der Waals surface area contributed by atoms with Gasteiger partial charge in [0, 0.05) is 6.42 Å². The minimum atomic E-state index is -0.341. The maximum atomic E-state index is 12.2. The molecule has 0 saturated carbocycles. The number of unbranched alkanes of at least 4 members (excludes halogenated alkanes) is 10. The van der Waals surface area contributed by atoms with Crippen LogP contribution in [0.5, 0.6) is 0 Å². The Bertz CT molecular complexity index is 750. The number of hydrogen-bond donors (Lipinski definition) is 0. The van der Waals surface area contributed by atoms with E-state index in [-0.39, 0.29) is 23.8 Å². The Morgan fingerprint density at radius 3 is 2.14 bits per heavy atom. The van der Waals surface area contributed by atoms with Crippen LogP contribution in [-0.2, 0) is 19.0 Å². The first-order chi connectivity index (χ1) is 17.9. The van der Waals surface area contributed by atoms with Gasteiger partial charge in [0.15, 0.2) is 6.29 Å². The summed E-state index contributed by atoms with van der Waals surface area (Å²) >= 11 is 0. The van der Waals surface area contributed by atoms with Crippen LogP contribution in [-0.4, -0.2) is 31.6 Å². The van der Waals surface area contributed by atoms with Crippen molar-refractivity contribution in [2.75, 3.05) is 13.2 Å². The molecule has 1 fully saturated rings. The van der Waals surface area contributed by atoms with Gasteiger partial charge >= 0.3 is 5.97 Å². The molecule has 0 bridgehead atoms. The molecule has 0 N–H and O–H groups in total. The third-order valence-electron chi connectivity index (χ3n) is 7.38. The fourth-order valence-corrected chi connectivity index (χ4v) is 5.17. The van der Waals surface area contributed by atoms with E-state index < -0.39 is 0 Å². The summed E-state index contributed by atoms with van der Waals surface area (Å²) < 4.78 is 17.6. The van der Waals surface area contributed by atoms with E-state index in [4.69, 9.17) is 14.2 Å². The molecule has 4 nitrogen and oxygen atoms in total. The Hall–Kier alpha value is -1.65. The van der Waals surface area contributed by atoms with Gasteiger partial charge in [-0.3, -0.25) is 4.79 Å². The van der Waals surface area contributed by atoms with Crippen molar-refractivity contribution in [2.24, 2.45) is 5.41 Å². The lowest BCUT2D eigenvalue weighted by Crippen LogP contribution is -2.42. The summed E-state index contributed by atoms with van der Waals surface area (Å²) in [5, 5.41) is 0. The number of hydrogen-bond acceptors (Lipinski definition) is 4. The van der Waals surface area contributed by atoms with E-state index in [0.29, 0.717) is 19.6 Å². The normalized spacial score (nSPS) is 21.8. The van der Waals surface area contributed by atoms with Gasteiger partial charge in [-0.05, 0) is 68.4 Å². The third-order valence-corrected chi connectivity index (χ3v) is 7.38. The number of carbonyl (C=O) groups is 1. The van der Waals surface area contributed by atoms with Gasteiger partial charge in [0.25, 0.3) is 0 Å². The minimum Gasteiger partial charge on any atom is -0.457 e. The fourth-order valence-electron chi connectivity index (χ4n) is 5.17. The summed E-state index contributed by atoms with van der Waals surface area (Å²) in [6.45, 7) is 9.62. The van der Waals surface area contributed by atoms with Crippen LogP contribution >= 0.6 is 0 Å². The lowest BCUT2D eigenvalue weighted by Gasteiger charge is -2.39. The Morgan fingerprint density at radius 2 is 1.51 bits per heavy atom. The van der Waals surface area contributed by atoms with Crippen molar-refractivity contribution in [2.45, 2.75) is 136 Å². The predicted octanol–water partition coefficient (Wildman–Crippen LogP) is 9.17. The minimum absolute atomic E-state index is 0.0214. The largest absolute Gasteiger partial charge is 0.457 e. The summed E-state index contributed by atoms with van der Waals surface area (Å²) in [5.41, 5.74) is 2.44. The monoisotopic (exact) mass is 514 g/mol. The molecule has 210 valence electrons. The summed E-state index contributed by atoms with van der Waals surface area (Å²) in [5.74, 6) is -0.135. The van der Waals surface area contributed by atoms with E-state index in [1.807, 2.05) is 0 Å². The molecule has 0 aromatic heterocycles. The fraction of sp³-hybridized carbons (Fsp3) is 0.727. The van der Waals surface area contributed by atoms with Gasteiger partial charge in [-0.1, -0.05) is 102 Å². The average Bonchev–Trinajstić information content (AvgIpc) is 2.86. The quantitative estimate of drug-likeness (QED) is 0.104. The topological polar surface area (TPSA) is 44.8 Å². The second kappa shape index (κ2) is 18.6. The van der Waals surface area contributed by atoms with Crippen LogP contribution in [0.15, 0.2) is 47.6 Å². The number of rotatable bonds is 18. The van der Waals surface area contributed by atoms with Crippen molar-refractivity contribution in [3.05, 3.63) is 47.6 Å². The maximum absolute atomic E-state index is 12.2. The molecule has 0 atom stereocenters. The molecule has 0 aromatic carbocycles. The van der Waals surface area contributed by atoms with E-state index in [2.05, 4.69) is 64.2 Å². The van der Waals surface area contributed by atoms with Gasteiger partial charge < -0.3 is 14.2 Å². The SMILES string of the molecule is CCCCCCC/C=C\C/C=C\CCCCCCCC(=O)OC1COC(C2=C(C)C=CCC2(C)C)OC1. The van der Waals surface area contributed by atoms with E-state index in [1.165, 1.54) is 68.9 Å². The zero-order valence-electron chi connectivity index (χ0n) is 24.3. The van der Waals surface area contributed by atoms with E-state index in [1.54, 1.807) is 0 Å². The van der Waals surface area contributed by atoms with Crippen molar-refractivity contribution in [3.8, 4) is 0 Å². The van der Waals surface area contributed by atoms with Crippen LogP contribution in [0.25, 0.3) is 0 Å². The number of allylic oxidation sites excluding steroid dienone is 7.